The number of pyridine rings is 1. The third kappa shape index (κ3) is 3.51. The van der Waals surface area contributed by atoms with E-state index in [0.29, 0.717) is 11.4 Å². The van der Waals surface area contributed by atoms with Crippen LogP contribution in [0.2, 0.25) is 0 Å². The molecule has 0 radical (unpaired) electrons. The summed E-state index contributed by atoms with van der Waals surface area (Å²) >= 11 is 3.31. The van der Waals surface area contributed by atoms with Crippen LogP contribution in [0.1, 0.15) is 0 Å². The molecule has 0 bridgehead atoms. The van der Waals surface area contributed by atoms with E-state index in [9.17, 15) is 13.6 Å². The highest BCUT2D eigenvalue weighted by Crippen LogP contribution is 2.26. The number of carbonyl (C=O) groups is 1. The smallest absolute Gasteiger partial charge is 0.243 e. The van der Waals surface area contributed by atoms with E-state index in [2.05, 4.69) is 31.5 Å². The normalized spacial score (nSPS) is 10.6. The average molecular weight is 392 g/mol. The van der Waals surface area contributed by atoms with Gasteiger partial charge in [-0.3, -0.25) is 9.78 Å². The Morgan fingerprint density at radius 3 is 2.50 bits per heavy atom. The molecule has 0 spiro atoms. The molecular formula is C17H12BrF2N3O. The van der Waals surface area contributed by atoms with Crippen molar-refractivity contribution in [2.75, 3.05) is 17.2 Å². The molecule has 7 heteroatoms. The Morgan fingerprint density at radius 1 is 1.04 bits per heavy atom. The van der Waals surface area contributed by atoms with E-state index in [0.717, 1.165) is 16.6 Å². The van der Waals surface area contributed by atoms with Gasteiger partial charge in [0.1, 0.15) is 17.2 Å². The third-order valence-electron chi connectivity index (χ3n) is 3.36. The fraction of sp³-hybridized carbons (Fsp3) is 0.0588. The lowest BCUT2D eigenvalue weighted by Crippen LogP contribution is -2.21. The van der Waals surface area contributed by atoms with Gasteiger partial charge in [0.2, 0.25) is 5.91 Å². The minimum absolute atomic E-state index is 0.0222. The summed E-state index contributed by atoms with van der Waals surface area (Å²) in [6.45, 7) is -0.0921. The largest absolute Gasteiger partial charge is 0.375 e. The number of benzene rings is 2. The molecule has 1 amide bonds. The summed E-state index contributed by atoms with van der Waals surface area (Å²) < 4.78 is 28.6. The maximum atomic E-state index is 14.0. The monoisotopic (exact) mass is 391 g/mol. The van der Waals surface area contributed by atoms with Crippen molar-refractivity contribution < 1.29 is 13.6 Å². The van der Waals surface area contributed by atoms with Crippen LogP contribution in [-0.2, 0) is 4.79 Å². The molecule has 1 aromatic heterocycles. The number of hydrogen-bond donors (Lipinski definition) is 2. The minimum atomic E-state index is -0.616. The predicted molar refractivity (Wildman–Crippen MR) is 92.9 cm³/mol. The van der Waals surface area contributed by atoms with Gasteiger partial charge in [-0.25, -0.2) is 8.78 Å². The first-order valence-electron chi connectivity index (χ1n) is 7.06. The molecule has 0 aliphatic carbocycles. The molecule has 4 nitrogen and oxygen atoms in total. The van der Waals surface area contributed by atoms with E-state index in [1.807, 2.05) is 0 Å². The number of anilines is 2. The molecule has 0 saturated heterocycles. The Hall–Kier alpha value is -2.54. The van der Waals surface area contributed by atoms with Crippen molar-refractivity contribution in [2.45, 2.75) is 0 Å². The molecule has 2 N–H and O–H groups in total. The molecule has 0 aliphatic heterocycles. The Labute approximate surface area is 145 Å². The van der Waals surface area contributed by atoms with Crippen molar-refractivity contribution in [1.82, 2.24) is 4.98 Å². The fourth-order valence-electron chi connectivity index (χ4n) is 2.25. The van der Waals surface area contributed by atoms with Gasteiger partial charge >= 0.3 is 0 Å². The molecule has 0 atom stereocenters. The number of aromatic nitrogens is 1. The van der Waals surface area contributed by atoms with Crippen molar-refractivity contribution in [2.24, 2.45) is 0 Å². The number of carbonyl (C=O) groups excluding carboxylic acids is 1. The van der Waals surface area contributed by atoms with Crippen molar-refractivity contribution in [3.63, 3.8) is 0 Å². The van der Waals surface area contributed by atoms with Crippen LogP contribution in [0.3, 0.4) is 0 Å². The number of nitrogens with one attached hydrogen (secondary N) is 2. The van der Waals surface area contributed by atoms with Crippen LogP contribution in [0.15, 0.2) is 53.1 Å². The zero-order chi connectivity index (χ0) is 17.1. The van der Waals surface area contributed by atoms with Gasteiger partial charge < -0.3 is 10.6 Å². The number of nitrogens with zero attached hydrogens (tertiary/aromatic N) is 1. The molecule has 0 saturated carbocycles. The second-order valence-electron chi connectivity index (χ2n) is 5.02. The highest BCUT2D eigenvalue weighted by atomic mass is 79.9. The van der Waals surface area contributed by atoms with Crippen LogP contribution in [0.5, 0.6) is 0 Å². The molecule has 3 rings (SSSR count). The lowest BCUT2D eigenvalue weighted by atomic mass is 10.1. The van der Waals surface area contributed by atoms with Crippen LogP contribution in [-0.4, -0.2) is 17.4 Å². The van der Waals surface area contributed by atoms with Crippen LogP contribution in [0.25, 0.3) is 10.9 Å². The Balaban J connectivity index is 1.75. The number of hydrogen-bond acceptors (Lipinski definition) is 3. The molecule has 0 unspecified atom stereocenters. The zero-order valence-electron chi connectivity index (χ0n) is 12.3. The minimum Gasteiger partial charge on any atom is -0.375 e. The van der Waals surface area contributed by atoms with Gasteiger partial charge in [0, 0.05) is 22.0 Å². The molecule has 0 aliphatic rings. The standard InChI is InChI=1S/C17H12BrF2N3O/c18-10-1-3-11(4-2-10)23-15(24)9-22-14-7-8-21-17-13(20)6-5-12(19)16(14)17/h1-8H,9H2,(H,21,22)(H,23,24). The van der Waals surface area contributed by atoms with Gasteiger partial charge in [0.15, 0.2) is 0 Å². The molecule has 0 fully saturated rings. The molecule has 24 heavy (non-hydrogen) atoms. The summed E-state index contributed by atoms with van der Waals surface area (Å²) in [6.07, 6.45) is 1.36. The average Bonchev–Trinajstić information content (AvgIpc) is 2.58. The van der Waals surface area contributed by atoms with Crippen LogP contribution in [0.4, 0.5) is 20.2 Å². The lowest BCUT2D eigenvalue weighted by molar-refractivity contribution is -0.114. The van der Waals surface area contributed by atoms with Gasteiger partial charge in [-0.2, -0.15) is 0 Å². The van der Waals surface area contributed by atoms with Gasteiger partial charge in [-0.05, 0) is 42.5 Å². The first-order valence-corrected chi connectivity index (χ1v) is 7.86. The molecular weight excluding hydrogens is 380 g/mol. The molecule has 3 aromatic rings. The topological polar surface area (TPSA) is 54.0 Å². The molecule has 122 valence electrons. The summed E-state index contributed by atoms with van der Waals surface area (Å²) in [5.41, 5.74) is 0.873. The van der Waals surface area contributed by atoms with Crippen molar-refractivity contribution in [1.29, 1.82) is 0 Å². The van der Waals surface area contributed by atoms with E-state index in [4.69, 9.17) is 0 Å². The maximum Gasteiger partial charge on any atom is 0.243 e. The Bertz CT molecular complexity index is 900. The summed E-state index contributed by atoms with van der Waals surface area (Å²) in [5.74, 6) is -1.52. The number of halogens is 3. The number of fused-ring (bicyclic) bond motifs is 1. The van der Waals surface area contributed by atoms with Crippen LogP contribution in [0, 0.1) is 11.6 Å². The quantitative estimate of drug-likeness (QED) is 0.695. The van der Waals surface area contributed by atoms with Gasteiger partial charge in [0.25, 0.3) is 0 Å². The van der Waals surface area contributed by atoms with E-state index in [-0.39, 0.29) is 23.4 Å². The molecule has 2 aromatic carbocycles. The third-order valence-corrected chi connectivity index (χ3v) is 3.89. The van der Waals surface area contributed by atoms with Crippen molar-refractivity contribution in [3.8, 4) is 0 Å². The fourth-order valence-corrected chi connectivity index (χ4v) is 2.52. The predicted octanol–water partition coefficient (Wildman–Crippen LogP) is 4.33. The number of rotatable bonds is 4. The maximum absolute atomic E-state index is 14.0. The zero-order valence-corrected chi connectivity index (χ0v) is 13.9. The van der Waals surface area contributed by atoms with Crippen LogP contribution >= 0.6 is 15.9 Å². The highest BCUT2D eigenvalue weighted by molar-refractivity contribution is 9.10. The summed E-state index contributed by atoms with van der Waals surface area (Å²) in [5, 5.41) is 5.55. The first kappa shape index (κ1) is 16.3. The molecule has 1 heterocycles. The Morgan fingerprint density at radius 2 is 1.75 bits per heavy atom. The first-order chi connectivity index (χ1) is 11.5. The van der Waals surface area contributed by atoms with Gasteiger partial charge in [0.05, 0.1) is 11.9 Å². The highest BCUT2D eigenvalue weighted by Gasteiger charge is 2.12. The van der Waals surface area contributed by atoms with E-state index in [1.54, 1.807) is 24.3 Å². The van der Waals surface area contributed by atoms with Crippen molar-refractivity contribution in [3.05, 3.63) is 64.8 Å². The summed E-state index contributed by atoms with van der Waals surface area (Å²) in [7, 11) is 0. The number of amides is 1. The second kappa shape index (κ2) is 6.92. The summed E-state index contributed by atoms with van der Waals surface area (Å²) in [4.78, 5) is 15.8. The SMILES string of the molecule is O=C(CNc1ccnc2c(F)ccc(F)c12)Nc1ccc(Br)cc1. The van der Waals surface area contributed by atoms with Gasteiger partial charge in [-0.1, -0.05) is 15.9 Å². The van der Waals surface area contributed by atoms with Crippen molar-refractivity contribution >= 4 is 44.1 Å². The second-order valence-corrected chi connectivity index (χ2v) is 5.94. The van der Waals surface area contributed by atoms with E-state index in [1.165, 1.54) is 12.3 Å². The van der Waals surface area contributed by atoms with E-state index < -0.39 is 11.6 Å². The lowest BCUT2D eigenvalue weighted by Gasteiger charge is -2.11. The summed E-state index contributed by atoms with van der Waals surface area (Å²) in [6, 6.07) is 10.7. The van der Waals surface area contributed by atoms with E-state index >= 15 is 0 Å². The van der Waals surface area contributed by atoms with Crippen LogP contribution < -0.4 is 10.6 Å². The Kier molecular flexibility index (Phi) is 4.71. The van der Waals surface area contributed by atoms with Gasteiger partial charge in [-0.15, -0.1) is 0 Å².